The van der Waals surface area contributed by atoms with E-state index in [-0.39, 0.29) is 36.2 Å². The number of pyridine rings is 1. The molecule has 0 aliphatic heterocycles. The Labute approximate surface area is 237 Å². The molecule has 0 saturated heterocycles. The molecule has 1 aliphatic carbocycles. The average molecular weight is 570 g/mol. The number of rotatable bonds is 8. The number of aryl methyl sites for hydroxylation is 2. The van der Waals surface area contributed by atoms with E-state index < -0.39 is 11.1 Å². The van der Waals surface area contributed by atoms with Crippen LogP contribution in [0.2, 0.25) is 0 Å². The highest BCUT2D eigenvalue weighted by Gasteiger charge is 2.24. The van der Waals surface area contributed by atoms with Crippen molar-refractivity contribution in [2.75, 3.05) is 0 Å². The van der Waals surface area contributed by atoms with Gasteiger partial charge in [-0.05, 0) is 70.2 Å². The van der Waals surface area contributed by atoms with Crippen molar-refractivity contribution in [1.29, 1.82) is 0 Å². The molecular formula is C28H35N5O8. The number of hydrogen-bond acceptors (Lipinski definition) is 11. The molecule has 2 aromatic heterocycles. The fourth-order valence-electron chi connectivity index (χ4n) is 4.20. The SMILES string of the molecule is CC(=O)OC(C)C.Cc1nc(-c2nnn(C)c2COC(=O)Oc2ccc([N+](=O)[O-])cc2)ccc1O[C@H]1CC[C@H](C)C1. The number of aromatic nitrogens is 4. The first kappa shape index (κ1) is 31.0. The molecule has 0 N–H and O–H groups in total. The van der Waals surface area contributed by atoms with Gasteiger partial charge in [-0.3, -0.25) is 14.9 Å². The summed E-state index contributed by atoms with van der Waals surface area (Å²) in [5.41, 5.74) is 2.23. The van der Waals surface area contributed by atoms with Crippen LogP contribution in [0.4, 0.5) is 10.5 Å². The van der Waals surface area contributed by atoms with Gasteiger partial charge in [0, 0.05) is 26.1 Å². The van der Waals surface area contributed by atoms with Gasteiger partial charge in [0.1, 0.15) is 29.5 Å². The monoisotopic (exact) mass is 569 g/mol. The Bertz CT molecular complexity index is 1360. The lowest BCUT2D eigenvalue weighted by atomic mass is 10.1. The van der Waals surface area contributed by atoms with Crippen LogP contribution in [0.25, 0.3) is 11.4 Å². The first-order valence-corrected chi connectivity index (χ1v) is 13.2. The second-order valence-corrected chi connectivity index (χ2v) is 10.00. The zero-order valence-electron chi connectivity index (χ0n) is 24.0. The number of nitro groups is 1. The molecule has 3 aromatic rings. The third-order valence-corrected chi connectivity index (χ3v) is 6.14. The number of carbonyl (C=O) groups excluding carboxylic acids is 2. The topological polar surface area (TPSA) is 158 Å². The molecule has 1 aliphatic rings. The van der Waals surface area contributed by atoms with Crippen LogP contribution in [0.1, 0.15) is 58.3 Å². The lowest BCUT2D eigenvalue weighted by Gasteiger charge is -2.15. The maximum absolute atomic E-state index is 12.1. The molecular weight excluding hydrogens is 534 g/mol. The number of nitro benzene ring substituents is 1. The summed E-state index contributed by atoms with van der Waals surface area (Å²) in [7, 11) is 1.68. The van der Waals surface area contributed by atoms with Crippen molar-refractivity contribution in [3.05, 3.63) is 57.9 Å². The molecule has 0 unspecified atom stereocenters. The van der Waals surface area contributed by atoms with Crippen LogP contribution in [0.3, 0.4) is 0 Å². The molecule has 1 aromatic carbocycles. The number of ether oxygens (including phenoxy) is 4. The van der Waals surface area contributed by atoms with Gasteiger partial charge in [0.25, 0.3) is 5.69 Å². The Balaban J connectivity index is 0.000000587. The van der Waals surface area contributed by atoms with E-state index in [0.29, 0.717) is 23.0 Å². The fourth-order valence-corrected chi connectivity index (χ4v) is 4.20. The Morgan fingerprint density at radius 3 is 2.39 bits per heavy atom. The molecule has 0 spiro atoms. The maximum atomic E-state index is 12.1. The summed E-state index contributed by atoms with van der Waals surface area (Å²) >= 11 is 0. The van der Waals surface area contributed by atoms with Gasteiger partial charge in [-0.15, -0.1) is 5.10 Å². The van der Waals surface area contributed by atoms with Crippen LogP contribution in [-0.4, -0.2) is 49.2 Å². The summed E-state index contributed by atoms with van der Waals surface area (Å²) in [4.78, 5) is 37.0. The fraction of sp³-hybridized carbons (Fsp3) is 0.464. The molecule has 0 bridgehead atoms. The third kappa shape index (κ3) is 9.26. The van der Waals surface area contributed by atoms with Gasteiger partial charge in [-0.25, -0.2) is 14.5 Å². The van der Waals surface area contributed by atoms with E-state index in [1.807, 2.05) is 32.9 Å². The number of hydrogen-bond donors (Lipinski definition) is 0. The highest BCUT2D eigenvalue weighted by Crippen LogP contribution is 2.31. The first-order valence-electron chi connectivity index (χ1n) is 13.2. The van der Waals surface area contributed by atoms with Crippen molar-refractivity contribution in [2.45, 2.75) is 72.7 Å². The number of non-ortho nitro benzene ring substituents is 1. The predicted octanol–water partition coefficient (Wildman–Crippen LogP) is 5.33. The minimum absolute atomic E-state index is 0.0255. The van der Waals surface area contributed by atoms with Crippen LogP contribution < -0.4 is 9.47 Å². The predicted molar refractivity (Wildman–Crippen MR) is 147 cm³/mol. The molecule has 13 nitrogen and oxygen atoms in total. The molecule has 2 atom stereocenters. The van der Waals surface area contributed by atoms with E-state index in [0.717, 1.165) is 24.3 Å². The Morgan fingerprint density at radius 2 is 1.85 bits per heavy atom. The van der Waals surface area contributed by atoms with E-state index in [9.17, 15) is 19.7 Å². The second kappa shape index (κ2) is 14.2. The van der Waals surface area contributed by atoms with Crippen LogP contribution in [0.15, 0.2) is 36.4 Å². The summed E-state index contributed by atoms with van der Waals surface area (Å²) in [5.74, 6) is 1.33. The van der Waals surface area contributed by atoms with E-state index in [1.165, 1.54) is 42.3 Å². The summed E-state index contributed by atoms with van der Waals surface area (Å²) in [5, 5.41) is 18.9. The highest BCUT2D eigenvalue weighted by atomic mass is 16.7. The van der Waals surface area contributed by atoms with Crippen molar-refractivity contribution in [2.24, 2.45) is 13.0 Å². The van der Waals surface area contributed by atoms with Crippen molar-refractivity contribution in [1.82, 2.24) is 20.0 Å². The van der Waals surface area contributed by atoms with E-state index in [2.05, 4.69) is 27.0 Å². The van der Waals surface area contributed by atoms with Gasteiger partial charge in [-0.2, -0.15) is 0 Å². The molecule has 0 amide bonds. The first-order chi connectivity index (χ1) is 19.4. The second-order valence-electron chi connectivity index (χ2n) is 10.00. The zero-order chi connectivity index (χ0) is 30.1. The van der Waals surface area contributed by atoms with Gasteiger partial charge in [0.05, 0.1) is 28.5 Å². The number of nitrogens with zero attached hydrogens (tertiary/aromatic N) is 5. The molecule has 4 rings (SSSR count). The van der Waals surface area contributed by atoms with Crippen molar-refractivity contribution in [3.63, 3.8) is 0 Å². The lowest BCUT2D eigenvalue weighted by Crippen LogP contribution is -2.13. The van der Waals surface area contributed by atoms with E-state index in [1.54, 1.807) is 7.05 Å². The zero-order valence-corrected chi connectivity index (χ0v) is 24.0. The molecule has 0 radical (unpaired) electrons. The Kier molecular flexibility index (Phi) is 10.7. The van der Waals surface area contributed by atoms with Gasteiger partial charge < -0.3 is 18.9 Å². The maximum Gasteiger partial charge on any atom is 0.514 e. The molecule has 220 valence electrons. The highest BCUT2D eigenvalue weighted by molar-refractivity contribution is 5.66. The summed E-state index contributed by atoms with van der Waals surface area (Å²) < 4.78 is 22.5. The lowest BCUT2D eigenvalue weighted by molar-refractivity contribution is -0.384. The molecule has 2 heterocycles. The minimum Gasteiger partial charge on any atom is -0.489 e. The van der Waals surface area contributed by atoms with Crippen molar-refractivity contribution in [3.8, 4) is 22.9 Å². The summed E-state index contributed by atoms with van der Waals surface area (Å²) in [6, 6.07) is 8.80. The third-order valence-electron chi connectivity index (χ3n) is 6.14. The van der Waals surface area contributed by atoms with E-state index in [4.69, 9.17) is 14.2 Å². The van der Waals surface area contributed by atoms with Crippen LogP contribution in [-0.2, 0) is 27.9 Å². The molecule has 13 heteroatoms. The average Bonchev–Trinajstić information content (AvgIpc) is 3.48. The van der Waals surface area contributed by atoms with Crippen molar-refractivity contribution < 1.29 is 33.5 Å². The number of benzene rings is 1. The van der Waals surface area contributed by atoms with Crippen LogP contribution >= 0.6 is 0 Å². The minimum atomic E-state index is -0.959. The van der Waals surface area contributed by atoms with Crippen LogP contribution in [0.5, 0.6) is 11.5 Å². The number of carbonyl (C=O) groups is 2. The number of esters is 1. The smallest absolute Gasteiger partial charge is 0.489 e. The largest absolute Gasteiger partial charge is 0.514 e. The van der Waals surface area contributed by atoms with E-state index >= 15 is 0 Å². The van der Waals surface area contributed by atoms with Gasteiger partial charge in [0.2, 0.25) is 0 Å². The molecule has 1 saturated carbocycles. The Morgan fingerprint density at radius 1 is 1.15 bits per heavy atom. The van der Waals surface area contributed by atoms with Gasteiger partial charge in [0.15, 0.2) is 0 Å². The normalized spacial score (nSPS) is 16.0. The van der Waals surface area contributed by atoms with Crippen molar-refractivity contribution >= 4 is 17.8 Å². The summed E-state index contributed by atoms with van der Waals surface area (Å²) in [6.45, 7) is 9.01. The van der Waals surface area contributed by atoms with Gasteiger partial charge in [-0.1, -0.05) is 12.1 Å². The molecule has 41 heavy (non-hydrogen) atoms. The molecule has 1 fully saturated rings. The quantitative estimate of drug-likeness (QED) is 0.149. The standard InChI is InChI=1S/C23H25N5O6.C5H10O2/c1-14-4-7-18(12-14)33-21-11-10-19(24-15(21)2)22-20(27(3)26-25-22)13-32-23(29)34-17-8-5-16(6-9-17)28(30)31;1-4(2)7-5(3)6/h5-6,8-11,14,18H,4,7,12-13H2,1-3H3;4H,1-3H3/t14-,18-;/m0./s1. The Hall–Kier alpha value is -4.55. The van der Waals surface area contributed by atoms with Crippen LogP contribution in [0, 0.1) is 23.0 Å². The van der Waals surface area contributed by atoms with Gasteiger partial charge >= 0.3 is 12.1 Å². The summed E-state index contributed by atoms with van der Waals surface area (Å²) in [6.07, 6.45) is 2.54.